The maximum atomic E-state index is 6.13. The summed E-state index contributed by atoms with van der Waals surface area (Å²) in [7, 11) is 4.08. The molecule has 0 bridgehead atoms. The van der Waals surface area contributed by atoms with Crippen LogP contribution >= 0.6 is 0 Å². The van der Waals surface area contributed by atoms with Gasteiger partial charge in [-0.05, 0) is 25.0 Å². The molecule has 4 heteroatoms. The summed E-state index contributed by atoms with van der Waals surface area (Å²) >= 11 is 0. The Morgan fingerprint density at radius 2 is 1.90 bits per heavy atom. The summed E-state index contributed by atoms with van der Waals surface area (Å²) in [5.41, 5.74) is 1.95. The molecule has 1 aromatic heterocycles. The van der Waals surface area contributed by atoms with Crippen LogP contribution in [0.2, 0.25) is 0 Å². The highest BCUT2D eigenvalue weighted by Crippen LogP contribution is 2.23. The van der Waals surface area contributed by atoms with Crippen LogP contribution in [0.4, 0.5) is 0 Å². The van der Waals surface area contributed by atoms with Crippen molar-refractivity contribution in [2.45, 2.75) is 26.1 Å². The molecule has 0 aliphatic rings. The average Bonchev–Trinajstić information content (AvgIpc) is 2.77. The quantitative estimate of drug-likeness (QED) is 0.708. The second kappa shape index (κ2) is 6.92. The van der Waals surface area contributed by atoms with Crippen LogP contribution < -0.4 is 17.0 Å². The summed E-state index contributed by atoms with van der Waals surface area (Å²) in [6.45, 7) is 8.55. The van der Waals surface area contributed by atoms with Crippen LogP contribution in [0.15, 0.2) is 43.2 Å². The highest BCUT2D eigenvalue weighted by molar-refractivity contribution is 5.47. The lowest BCUT2D eigenvalue weighted by Crippen LogP contribution is -3.00. The Morgan fingerprint density at radius 3 is 2.38 bits per heavy atom. The Kier molecular flexibility index (Phi) is 5.76. The SMILES string of the molecule is C=Cc1ccc(COC(C)(C)c2n(C)cc[n+]2C)cc1.[Cl-]. The maximum absolute atomic E-state index is 6.13. The number of hydrogen-bond acceptors (Lipinski definition) is 1. The number of nitrogens with zero attached hydrogens (tertiary/aromatic N) is 2. The molecule has 0 atom stereocenters. The van der Waals surface area contributed by atoms with Gasteiger partial charge in [-0.2, -0.15) is 0 Å². The van der Waals surface area contributed by atoms with Gasteiger partial charge in [-0.3, -0.25) is 0 Å². The third kappa shape index (κ3) is 3.96. The van der Waals surface area contributed by atoms with E-state index in [9.17, 15) is 0 Å². The van der Waals surface area contributed by atoms with Crippen molar-refractivity contribution in [2.24, 2.45) is 14.1 Å². The van der Waals surface area contributed by atoms with Crippen LogP contribution in [0.5, 0.6) is 0 Å². The molecule has 0 aliphatic heterocycles. The lowest BCUT2D eigenvalue weighted by molar-refractivity contribution is -0.686. The predicted octanol–water partition coefficient (Wildman–Crippen LogP) is -0.0515. The van der Waals surface area contributed by atoms with E-state index in [0.717, 1.165) is 11.4 Å². The minimum atomic E-state index is -0.343. The smallest absolute Gasteiger partial charge is 0.288 e. The first-order valence-electron chi connectivity index (χ1n) is 6.81. The van der Waals surface area contributed by atoms with Crippen LogP contribution in [-0.2, 0) is 31.0 Å². The van der Waals surface area contributed by atoms with Crippen LogP contribution in [0.1, 0.15) is 30.8 Å². The number of benzene rings is 1. The Morgan fingerprint density at radius 1 is 1.29 bits per heavy atom. The summed E-state index contributed by atoms with van der Waals surface area (Å²) < 4.78 is 10.3. The van der Waals surface area contributed by atoms with Gasteiger partial charge in [0.05, 0.1) is 20.7 Å². The molecule has 0 saturated carbocycles. The number of ether oxygens (including phenoxy) is 1. The highest BCUT2D eigenvalue weighted by Gasteiger charge is 2.33. The van der Waals surface area contributed by atoms with Gasteiger partial charge in [-0.1, -0.05) is 36.9 Å². The van der Waals surface area contributed by atoms with Crippen LogP contribution in [0.25, 0.3) is 6.08 Å². The molecule has 2 aromatic rings. The molecule has 114 valence electrons. The second-order valence-corrected chi connectivity index (χ2v) is 5.59. The van der Waals surface area contributed by atoms with E-state index in [2.05, 4.69) is 53.8 Å². The molecular formula is C17H23ClN2O. The van der Waals surface area contributed by atoms with Crippen molar-refractivity contribution in [3.63, 3.8) is 0 Å². The van der Waals surface area contributed by atoms with Crippen molar-refractivity contribution in [2.75, 3.05) is 0 Å². The molecule has 0 N–H and O–H groups in total. The van der Waals surface area contributed by atoms with Gasteiger partial charge >= 0.3 is 0 Å². The van der Waals surface area contributed by atoms with Crippen LogP contribution in [0.3, 0.4) is 0 Å². The fourth-order valence-electron chi connectivity index (χ4n) is 2.52. The number of aromatic nitrogens is 2. The van der Waals surface area contributed by atoms with E-state index in [0.29, 0.717) is 6.61 Å². The largest absolute Gasteiger partial charge is 1.00 e. The van der Waals surface area contributed by atoms with Gasteiger partial charge in [0, 0.05) is 0 Å². The molecule has 21 heavy (non-hydrogen) atoms. The van der Waals surface area contributed by atoms with E-state index >= 15 is 0 Å². The van der Waals surface area contributed by atoms with E-state index in [1.54, 1.807) is 0 Å². The standard InChI is InChI=1S/C17H23N2O.ClH/c1-6-14-7-9-15(10-8-14)13-20-17(2,3)16-18(4)11-12-19(16)5;/h6-12H,1,13H2,2-5H3;1H/q+1;/p-1. The molecule has 3 nitrogen and oxygen atoms in total. The topological polar surface area (TPSA) is 18.0 Å². The lowest BCUT2D eigenvalue weighted by atomic mass is 10.1. The van der Waals surface area contributed by atoms with Crippen molar-refractivity contribution in [3.05, 3.63) is 60.2 Å². The molecule has 0 radical (unpaired) electrons. The molecular weight excluding hydrogens is 284 g/mol. The third-order valence-electron chi connectivity index (χ3n) is 3.54. The molecule has 0 aliphatic carbocycles. The first-order chi connectivity index (χ1) is 9.44. The van der Waals surface area contributed by atoms with Gasteiger partial charge in [-0.15, -0.1) is 0 Å². The molecule has 1 heterocycles. The zero-order valence-corrected chi connectivity index (χ0v) is 13.9. The van der Waals surface area contributed by atoms with Crippen LogP contribution in [0, 0.1) is 0 Å². The maximum Gasteiger partial charge on any atom is 0.288 e. The van der Waals surface area contributed by atoms with E-state index < -0.39 is 0 Å². The first kappa shape index (κ1) is 17.5. The molecule has 2 rings (SSSR count). The van der Waals surface area contributed by atoms with Gasteiger partial charge in [0.15, 0.2) is 5.60 Å². The zero-order chi connectivity index (χ0) is 14.8. The molecule has 0 unspecified atom stereocenters. The number of hydrogen-bond donors (Lipinski definition) is 0. The fraction of sp³-hybridized carbons (Fsp3) is 0.353. The third-order valence-corrected chi connectivity index (χ3v) is 3.54. The van der Waals surface area contributed by atoms with E-state index in [-0.39, 0.29) is 18.0 Å². The second-order valence-electron chi connectivity index (χ2n) is 5.59. The summed E-state index contributed by atoms with van der Waals surface area (Å²) in [5, 5.41) is 0. The number of aryl methyl sites for hydroxylation is 2. The van der Waals surface area contributed by atoms with Crippen LogP contribution in [-0.4, -0.2) is 4.57 Å². The minimum Gasteiger partial charge on any atom is -1.00 e. The van der Waals surface area contributed by atoms with Crippen molar-refractivity contribution in [3.8, 4) is 0 Å². The Balaban J connectivity index is 0.00000220. The van der Waals surface area contributed by atoms with Crippen molar-refractivity contribution < 1.29 is 21.7 Å². The first-order valence-corrected chi connectivity index (χ1v) is 6.81. The Bertz CT molecular complexity index is 580. The summed E-state index contributed by atoms with van der Waals surface area (Å²) in [6, 6.07) is 8.28. The lowest BCUT2D eigenvalue weighted by Gasteiger charge is -2.22. The highest BCUT2D eigenvalue weighted by atomic mass is 35.5. The fourth-order valence-corrected chi connectivity index (χ4v) is 2.52. The molecule has 1 aromatic carbocycles. The predicted molar refractivity (Wildman–Crippen MR) is 80.9 cm³/mol. The Labute approximate surface area is 133 Å². The molecule has 0 spiro atoms. The van der Waals surface area contributed by atoms with E-state index in [1.165, 1.54) is 5.56 Å². The van der Waals surface area contributed by atoms with Gasteiger partial charge in [0.25, 0.3) is 5.82 Å². The molecule has 0 saturated heterocycles. The van der Waals surface area contributed by atoms with Gasteiger partial charge in [0.2, 0.25) is 0 Å². The molecule has 0 amide bonds. The summed E-state index contributed by atoms with van der Waals surface area (Å²) in [4.78, 5) is 0. The van der Waals surface area contributed by atoms with Crippen molar-refractivity contribution >= 4 is 6.08 Å². The Hall–Kier alpha value is -1.58. The number of halogens is 1. The molecule has 0 fully saturated rings. The van der Waals surface area contributed by atoms with Gasteiger partial charge < -0.3 is 17.1 Å². The van der Waals surface area contributed by atoms with Crippen molar-refractivity contribution in [1.82, 2.24) is 4.57 Å². The zero-order valence-electron chi connectivity index (χ0n) is 13.1. The summed E-state index contributed by atoms with van der Waals surface area (Å²) in [5.74, 6) is 1.14. The summed E-state index contributed by atoms with van der Waals surface area (Å²) in [6.07, 6.45) is 5.93. The normalized spacial score (nSPS) is 11.0. The average molecular weight is 307 g/mol. The van der Waals surface area contributed by atoms with Gasteiger partial charge in [-0.25, -0.2) is 9.13 Å². The van der Waals surface area contributed by atoms with Crippen molar-refractivity contribution in [1.29, 1.82) is 0 Å². The number of imidazole rings is 1. The minimum absolute atomic E-state index is 0. The van der Waals surface area contributed by atoms with Gasteiger partial charge in [0.1, 0.15) is 12.4 Å². The monoisotopic (exact) mass is 306 g/mol. The van der Waals surface area contributed by atoms with E-state index in [4.69, 9.17) is 4.74 Å². The van der Waals surface area contributed by atoms with E-state index in [1.807, 2.05) is 32.6 Å². The number of rotatable bonds is 5.